The highest BCUT2D eigenvalue weighted by atomic mass is 32.1. The fraction of sp³-hybridized carbons (Fsp3) is 0.214. The molecule has 1 saturated heterocycles. The van der Waals surface area contributed by atoms with Gasteiger partial charge in [-0.2, -0.15) is 0 Å². The van der Waals surface area contributed by atoms with E-state index in [2.05, 4.69) is 4.98 Å². The minimum atomic E-state index is -0.930. The quantitative estimate of drug-likeness (QED) is 0.940. The van der Waals surface area contributed by atoms with E-state index < -0.39 is 11.9 Å². The first-order valence-electron chi connectivity index (χ1n) is 6.19. The highest BCUT2D eigenvalue weighted by Crippen LogP contribution is 2.33. The van der Waals surface area contributed by atoms with Gasteiger partial charge >= 0.3 is 5.97 Å². The van der Waals surface area contributed by atoms with Gasteiger partial charge in [0.2, 0.25) is 5.91 Å². The molecule has 3 rings (SSSR count). The molecule has 1 atom stereocenters. The van der Waals surface area contributed by atoms with Crippen LogP contribution in [0.15, 0.2) is 36.5 Å². The largest absolute Gasteiger partial charge is 0.481 e. The molecule has 1 aromatic heterocycles. The highest BCUT2D eigenvalue weighted by Gasteiger charge is 2.36. The minimum absolute atomic E-state index is 0.0512. The number of aromatic nitrogens is 1. The van der Waals surface area contributed by atoms with Gasteiger partial charge in [0.1, 0.15) is 0 Å². The van der Waals surface area contributed by atoms with Crippen molar-refractivity contribution < 1.29 is 14.7 Å². The van der Waals surface area contributed by atoms with Crippen LogP contribution in [-0.4, -0.2) is 28.5 Å². The summed E-state index contributed by atoms with van der Waals surface area (Å²) in [7, 11) is 0. The van der Waals surface area contributed by atoms with E-state index in [1.165, 1.54) is 16.2 Å². The summed E-state index contributed by atoms with van der Waals surface area (Å²) >= 11 is 1.40. The molecule has 5 nitrogen and oxygen atoms in total. The predicted molar refractivity (Wildman–Crippen MR) is 75.6 cm³/mol. The molecule has 0 radical (unpaired) electrons. The monoisotopic (exact) mass is 288 g/mol. The third-order valence-electron chi connectivity index (χ3n) is 3.26. The second-order valence-electron chi connectivity index (χ2n) is 4.62. The summed E-state index contributed by atoms with van der Waals surface area (Å²) in [6.07, 6.45) is 1.77. The Balaban J connectivity index is 1.84. The molecule has 6 heteroatoms. The summed E-state index contributed by atoms with van der Waals surface area (Å²) in [5.41, 5.74) is 1.04. The Morgan fingerprint density at radius 3 is 2.75 bits per heavy atom. The molecule has 1 amide bonds. The first kappa shape index (κ1) is 12.8. The summed E-state index contributed by atoms with van der Waals surface area (Å²) in [5, 5.41) is 9.55. The Bertz CT molecular complexity index is 653. The molecule has 1 aliphatic rings. The molecule has 1 unspecified atom stereocenters. The molecular formula is C14H12N2O3S. The standard InChI is InChI=1S/C14H12N2O3S/c17-12-6-10(13(18)19)8-16(12)14-15-7-11(20-14)9-4-2-1-3-5-9/h1-5,7,10H,6,8H2,(H,18,19). The Labute approximate surface area is 119 Å². The molecule has 102 valence electrons. The first-order chi connectivity index (χ1) is 9.65. The number of thiazole rings is 1. The molecule has 1 aliphatic heterocycles. The lowest BCUT2D eigenvalue weighted by Crippen LogP contribution is -2.25. The minimum Gasteiger partial charge on any atom is -0.481 e. The van der Waals surface area contributed by atoms with E-state index in [1.54, 1.807) is 6.20 Å². The fourth-order valence-corrected chi connectivity index (χ4v) is 3.13. The average Bonchev–Trinajstić information content (AvgIpc) is 3.06. The van der Waals surface area contributed by atoms with Gasteiger partial charge in [-0.1, -0.05) is 41.7 Å². The van der Waals surface area contributed by atoms with Crippen LogP contribution in [0.3, 0.4) is 0 Å². The second kappa shape index (κ2) is 5.05. The topological polar surface area (TPSA) is 70.5 Å². The lowest BCUT2D eigenvalue weighted by atomic mass is 10.1. The van der Waals surface area contributed by atoms with E-state index in [0.29, 0.717) is 5.13 Å². The van der Waals surface area contributed by atoms with Crippen molar-refractivity contribution in [2.45, 2.75) is 6.42 Å². The van der Waals surface area contributed by atoms with Crippen LogP contribution >= 0.6 is 11.3 Å². The molecule has 0 bridgehead atoms. The number of benzene rings is 1. The van der Waals surface area contributed by atoms with Crippen molar-refractivity contribution in [3.8, 4) is 10.4 Å². The van der Waals surface area contributed by atoms with Crippen LogP contribution in [0, 0.1) is 5.92 Å². The van der Waals surface area contributed by atoms with Gasteiger partial charge in [0.25, 0.3) is 0 Å². The van der Waals surface area contributed by atoms with Gasteiger partial charge < -0.3 is 5.11 Å². The zero-order valence-electron chi connectivity index (χ0n) is 10.5. The van der Waals surface area contributed by atoms with Crippen LogP contribution in [0.4, 0.5) is 5.13 Å². The van der Waals surface area contributed by atoms with Gasteiger partial charge in [0.05, 0.1) is 10.8 Å². The Morgan fingerprint density at radius 2 is 2.10 bits per heavy atom. The Morgan fingerprint density at radius 1 is 1.35 bits per heavy atom. The van der Waals surface area contributed by atoms with Crippen LogP contribution in [0.2, 0.25) is 0 Å². The molecule has 1 aromatic carbocycles. The summed E-state index contributed by atoms with van der Waals surface area (Å²) in [5.74, 6) is -1.74. The predicted octanol–water partition coefficient (Wildman–Crippen LogP) is 2.25. The molecule has 1 N–H and O–H groups in total. The van der Waals surface area contributed by atoms with Gasteiger partial charge in [0.15, 0.2) is 5.13 Å². The summed E-state index contributed by atoms with van der Waals surface area (Å²) in [6.45, 7) is 0.204. The van der Waals surface area contributed by atoms with Crippen LogP contribution in [-0.2, 0) is 9.59 Å². The normalized spacial score (nSPS) is 18.5. The van der Waals surface area contributed by atoms with Crippen LogP contribution < -0.4 is 4.90 Å². The number of carbonyl (C=O) groups is 2. The van der Waals surface area contributed by atoms with Crippen LogP contribution in [0.1, 0.15) is 6.42 Å². The van der Waals surface area contributed by atoms with Gasteiger partial charge in [0, 0.05) is 19.2 Å². The van der Waals surface area contributed by atoms with Gasteiger partial charge in [-0.25, -0.2) is 4.98 Å². The maximum absolute atomic E-state index is 11.9. The zero-order chi connectivity index (χ0) is 14.1. The first-order valence-corrected chi connectivity index (χ1v) is 7.01. The maximum Gasteiger partial charge on any atom is 0.308 e. The van der Waals surface area contributed by atoms with Crippen molar-refractivity contribution in [1.29, 1.82) is 0 Å². The molecular weight excluding hydrogens is 276 g/mol. The smallest absolute Gasteiger partial charge is 0.308 e. The van der Waals surface area contributed by atoms with Crippen molar-refractivity contribution in [2.24, 2.45) is 5.92 Å². The SMILES string of the molecule is O=C(O)C1CC(=O)N(c2ncc(-c3ccccc3)s2)C1. The van der Waals surface area contributed by atoms with E-state index >= 15 is 0 Å². The van der Waals surface area contributed by atoms with Crippen LogP contribution in [0.25, 0.3) is 10.4 Å². The van der Waals surface area contributed by atoms with E-state index in [4.69, 9.17) is 5.11 Å². The maximum atomic E-state index is 11.9. The number of carboxylic acid groups (broad SMARTS) is 1. The summed E-state index contributed by atoms with van der Waals surface area (Å²) in [4.78, 5) is 29.5. The number of hydrogen-bond donors (Lipinski definition) is 1. The molecule has 2 aromatic rings. The van der Waals surface area contributed by atoms with Crippen molar-refractivity contribution in [3.63, 3.8) is 0 Å². The average molecular weight is 288 g/mol. The molecule has 0 saturated carbocycles. The number of nitrogens with zero attached hydrogens (tertiary/aromatic N) is 2. The summed E-state index contributed by atoms with van der Waals surface area (Å²) in [6, 6.07) is 9.77. The second-order valence-corrected chi connectivity index (χ2v) is 5.63. The molecule has 1 fully saturated rings. The van der Waals surface area contributed by atoms with E-state index in [0.717, 1.165) is 10.4 Å². The number of amides is 1. The van der Waals surface area contributed by atoms with Crippen LogP contribution in [0.5, 0.6) is 0 Å². The third-order valence-corrected chi connectivity index (χ3v) is 4.33. The Kier molecular flexibility index (Phi) is 3.23. The van der Waals surface area contributed by atoms with E-state index in [9.17, 15) is 9.59 Å². The summed E-state index contributed by atoms with van der Waals surface area (Å²) < 4.78 is 0. The van der Waals surface area contributed by atoms with E-state index in [1.807, 2.05) is 30.3 Å². The Hall–Kier alpha value is -2.21. The van der Waals surface area contributed by atoms with Gasteiger partial charge in [-0.05, 0) is 5.56 Å². The molecule has 0 spiro atoms. The molecule has 20 heavy (non-hydrogen) atoms. The third kappa shape index (κ3) is 2.30. The number of rotatable bonds is 3. The van der Waals surface area contributed by atoms with E-state index in [-0.39, 0.29) is 18.9 Å². The number of aliphatic carboxylic acids is 1. The number of hydrogen-bond acceptors (Lipinski definition) is 4. The van der Waals surface area contributed by atoms with Crippen molar-refractivity contribution >= 4 is 28.3 Å². The fourth-order valence-electron chi connectivity index (χ4n) is 2.18. The zero-order valence-corrected chi connectivity index (χ0v) is 11.3. The van der Waals surface area contributed by atoms with Crippen molar-refractivity contribution in [1.82, 2.24) is 4.98 Å². The number of carboxylic acids is 1. The lowest BCUT2D eigenvalue weighted by Gasteiger charge is -2.11. The lowest BCUT2D eigenvalue weighted by molar-refractivity contribution is -0.141. The molecule has 2 heterocycles. The van der Waals surface area contributed by atoms with Crippen molar-refractivity contribution in [3.05, 3.63) is 36.5 Å². The number of anilines is 1. The molecule has 0 aliphatic carbocycles. The van der Waals surface area contributed by atoms with Crippen molar-refractivity contribution in [2.75, 3.05) is 11.4 Å². The highest BCUT2D eigenvalue weighted by molar-refractivity contribution is 7.19. The van der Waals surface area contributed by atoms with Gasteiger partial charge in [-0.15, -0.1) is 0 Å². The van der Waals surface area contributed by atoms with Gasteiger partial charge in [-0.3, -0.25) is 14.5 Å². The number of carbonyl (C=O) groups excluding carboxylic acids is 1.